The number of aromatic nitrogens is 4. The zero-order chi connectivity index (χ0) is 13.6. The fraction of sp³-hybridized carbons (Fsp3) is 0.455. The van der Waals surface area contributed by atoms with Gasteiger partial charge in [0.25, 0.3) is 0 Å². The van der Waals surface area contributed by atoms with Crippen molar-refractivity contribution in [2.45, 2.75) is 6.92 Å². The number of rotatable bonds is 2. The molecule has 0 spiro atoms. The van der Waals surface area contributed by atoms with Gasteiger partial charge in [-0.2, -0.15) is 5.10 Å². The molecule has 0 aliphatic carbocycles. The maximum atomic E-state index is 11.8. The summed E-state index contributed by atoms with van der Waals surface area (Å²) in [6.45, 7) is 3.58. The van der Waals surface area contributed by atoms with E-state index >= 15 is 0 Å². The van der Waals surface area contributed by atoms with E-state index in [1.54, 1.807) is 9.58 Å². The Bertz CT molecular complexity index is 654. The number of anilines is 1. The molecule has 3 heterocycles. The van der Waals surface area contributed by atoms with E-state index < -0.39 is 0 Å². The maximum absolute atomic E-state index is 11.8. The molecule has 0 saturated carbocycles. The Hall–Kier alpha value is -1.70. The first kappa shape index (κ1) is 12.3. The Balaban J connectivity index is 2.09. The topological polar surface area (TPSA) is 67.2 Å². The molecule has 100 valence electrons. The van der Waals surface area contributed by atoms with E-state index in [-0.39, 0.29) is 5.91 Å². The van der Waals surface area contributed by atoms with Crippen LogP contribution < -0.4 is 4.90 Å². The minimum Gasteiger partial charge on any atom is -0.329 e. The normalized spacial score (nSPS) is 15.8. The summed E-state index contributed by atoms with van der Waals surface area (Å²) in [6, 6.07) is 0. The van der Waals surface area contributed by atoms with E-state index in [9.17, 15) is 4.79 Å². The third kappa shape index (κ3) is 1.86. The largest absolute Gasteiger partial charge is 0.329 e. The van der Waals surface area contributed by atoms with Gasteiger partial charge in [-0.25, -0.2) is 14.6 Å². The lowest BCUT2D eigenvalue weighted by Gasteiger charge is -2.17. The molecule has 2 aromatic rings. The van der Waals surface area contributed by atoms with Gasteiger partial charge in [-0.15, -0.1) is 0 Å². The molecule has 1 aliphatic heterocycles. The molecule has 1 amide bonds. The summed E-state index contributed by atoms with van der Waals surface area (Å²) in [5.41, 5.74) is 0.749. The summed E-state index contributed by atoms with van der Waals surface area (Å²) >= 11 is 3.43. The van der Waals surface area contributed by atoms with Crippen molar-refractivity contribution in [3.63, 3.8) is 0 Å². The number of nitrogens with zero attached hydrogens (tertiary/aromatic N) is 6. The minimum absolute atomic E-state index is 0.120. The molecular formula is C11H13BrN6O. The Morgan fingerprint density at radius 3 is 2.89 bits per heavy atom. The van der Waals surface area contributed by atoms with E-state index in [1.165, 1.54) is 6.33 Å². The highest BCUT2D eigenvalue weighted by Gasteiger charge is 2.29. The Labute approximate surface area is 118 Å². The molecule has 2 aromatic heterocycles. The van der Waals surface area contributed by atoms with Gasteiger partial charge in [0.2, 0.25) is 5.91 Å². The Morgan fingerprint density at radius 2 is 2.21 bits per heavy atom. The van der Waals surface area contributed by atoms with Crippen LogP contribution in [0.5, 0.6) is 0 Å². The highest BCUT2D eigenvalue weighted by molar-refractivity contribution is 9.10. The lowest BCUT2D eigenvalue weighted by molar-refractivity contribution is -0.126. The van der Waals surface area contributed by atoms with Crippen LogP contribution in [-0.2, 0) is 11.8 Å². The van der Waals surface area contributed by atoms with Gasteiger partial charge >= 0.3 is 0 Å². The zero-order valence-corrected chi connectivity index (χ0v) is 12.3. The van der Waals surface area contributed by atoms with Crippen molar-refractivity contribution in [1.82, 2.24) is 24.6 Å². The number of fused-ring (bicyclic) bond motifs is 1. The number of halogens is 1. The second-order valence-electron chi connectivity index (χ2n) is 4.40. The number of amides is 1. The van der Waals surface area contributed by atoms with Gasteiger partial charge in [0, 0.05) is 13.6 Å². The minimum atomic E-state index is 0.120. The van der Waals surface area contributed by atoms with Crippen LogP contribution in [0, 0.1) is 0 Å². The number of likely N-dealkylation sites (N-methyl/N-ethyl adjacent to an activating group) is 1. The predicted molar refractivity (Wildman–Crippen MR) is 73.6 cm³/mol. The monoisotopic (exact) mass is 324 g/mol. The number of hydrogen-bond acceptors (Lipinski definition) is 5. The first-order chi connectivity index (χ1) is 9.11. The SMILES string of the molecule is CCN1CN(c2ncnc3c2c(Br)nn3C)CC1=O. The quantitative estimate of drug-likeness (QED) is 0.815. The summed E-state index contributed by atoms with van der Waals surface area (Å²) in [4.78, 5) is 24.1. The summed E-state index contributed by atoms with van der Waals surface area (Å²) in [6.07, 6.45) is 1.50. The molecule has 8 heteroatoms. The van der Waals surface area contributed by atoms with Crippen molar-refractivity contribution < 1.29 is 4.79 Å². The second kappa shape index (κ2) is 4.44. The average Bonchev–Trinajstić information content (AvgIpc) is 2.91. The Kier molecular flexibility index (Phi) is 2.89. The molecule has 1 aliphatic rings. The third-order valence-corrected chi connectivity index (χ3v) is 3.81. The van der Waals surface area contributed by atoms with Crippen molar-refractivity contribution in [1.29, 1.82) is 0 Å². The van der Waals surface area contributed by atoms with Gasteiger partial charge in [0.1, 0.15) is 23.3 Å². The second-order valence-corrected chi connectivity index (χ2v) is 5.15. The molecular weight excluding hydrogens is 312 g/mol. The lowest BCUT2D eigenvalue weighted by atomic mass is 10.3. The predicted octanol–water partition coefficient (Wildman–Crippen LogP) is 0.752. The van der Waals surface area contributed by atoms with Crippen LogP contribution in [0.1, 0.15) is 6.92 Å². The Morgan fingerprint density at radius 1 is 1.42 bits per heavy atom. The molecule has 7 nitrogen and oxygen atoms in total. The van der Waals surface area contributed by atoms with E-state index in [2.05, 4.69) is 31.0 Å². The highest BCUT2D eigenvalue weighted by atomic mass is 79.9. The lowest BCUT2D eigenvalue weighted by Crippen LogP contribution is -2.27. The summed E-state index contributed by atoms with van der Waals surface area (Å²) in [5.74, 6) is 0.864. The van der Waals surface area contributed by atoms with Gasteiger partial charge in [0.05, 0.1) is 12.1 Å². The zero-order valence-electron chi connectivity index (χ0n) is 10.7. The maximum Gasteiger partial charge on any atom is 0.243 e. The molecule has 0 N–H and O–H groups in total. The van der Waals surface area contributed by atoms with Gasteiger partial charge in [-0.1, -0.05) is 0 Å². The first-order valence-corrected chi connectivity index (χ1v) is 6.77. The fourth-order valence-electron chi connectivity index (χ4n) is 2.28. The van der Waals surface area contributed by atoms with Gasteiger partial charge in [-0.3, -0.25) is 4.79 Å². The van der Waals surface area contributed by atoms with Gasteiger partial charge in [0.15, 0.2) is 5.65 Å². The summed E-state index contributed by atoms with van der Waals surface area (Å²) in [7, 11) is 1.83. The van der Waals surface area contributed by atoms with Gasteiger partial charge < -0.3 is 9.80 Å². The van der Waals surface area contributed by atoms with Crippen molar-refractivity contribution in [2.75, 3.05) is 24.7 Å². The number of hydrogen-bond donors (Lipinski definition) is 0. The van der Waals surface area contributed by atoms with Crippen LogP contribution >= 0.6 is 15.9 Å². The van der Waals surface area contributed by atoms with Crippen LogP contribution in [0.15, 0.2) is 10.9 Å². The standard InChI is InChI=1S/C11H13BrN6O/c1-3-17-6-18(4-7(17)19)11-8-9(12)15-16(2)10(8)13-5-14-11/h5H,3-4,6H2,1-2H3. The van der Waals surface area contributed by atoms with Gasteiger partial charge in [-0.05, 0) is 22.9 Å². The molecule has 1 fully saturated rings. The molecule has 0 unspecified atom stereocenters. The van der Waals surface area contributed by atoms with E-state index in [0.29, 0.717) is 24.4 Å². The summed E-state index contributed by atoms with van der Waals surface area (Å²) in [5, 5.41) is 5.13. The highest BCUT2D eigenvalue weighted by Crippen LogP contribution is 2.30. The number of carbonyl (C=O) groups excluding carboxylic acids is 1. The fourth-order valence-corrected chi connectivity index (χ4v) is 2.87. The van der Waals surface area contributed by atoms with Crippen LogP contribution in [-0.4, -0.2) is 50.3 Å². The average molecular weight is 325 g/mol. The molecule has 1 saturated heterocycles. The number of aryl methyl sites for hydroxylation is 1. The molecule has 0 radical (unpaired) electrons. The van der Waals surface area contributed by atoms with Crippen LogP contribution in [0.25, 0.3) is 11.0 Å². The van der Waals surface area contributed by atoms with E-state index in [1.807, 2.05) is 18.9 Å². The first-order valence-electron chi connectivity index (χ1n) is 5.97. The van der Waals surface area contributed by atoms with Crippen molar-refractivity contribution >= 4 is 38.7 Å². The van der Waals surface area contributed by atoms with Crippen molar-refractivity contribution in [2.24, 2.45) is 7.05 Å². The molecule has 3 rings (SSSR count). The molecule has 0 aromatic carbocycles. The molecule has 0 atom stereocenters. The van der Waals surface area contributed by atoms with E-state index in [4.69, 9.17) is 0 Å². The van der Waals surface area contributed by atoms with E-state index in [0.717, 1.165) is 16.9 Å². The van der Waals surface area contributed by atoms with Crippen LogP contribution in [0.2, 0.25) is 0 Å². The third-order valence-electron chi connectivity index (χ3n) is 3.26. The molecule has 19 heavy (non-hydrogen) atoms. The van der Waals surface area contributed by atoms with Crippen LogP contribution in [0.3, 0.4) is 0 Å². The van der Waals surface area contributed by atoms with Crippen molar-refractivity contribution in [3.05, 3.63) is 10.9 Å². The smallest absolute Gasteiger partial charge is 0.243 e. The molecule has 0 bridgehead atoms. The van der Waals surface area contributed by atoms with Crippen LogP contribution in [0.4, 0.5) is 5.82 Å². The van der Waals surface area contributed by atoms with Crippen molar-refractivity contribution in [3.8, 4) is 0 Å². The summed E-state index contributed by atoms with van der Waals surface area (Å²) < 4.78 is 2.39. The number of carbonyl (C=O) groups is 1.